The first kappa shape index (κ1) is 26.2. The number of fused-ring (bicyclic) bond motifs is 11. The molecule has 0 spiro atoms. The molecule has 0 saturated heterocycles. The van der Waals surface area contributed by atoms with Crippen molar-refractivity contribution in [3.8, 4) is 56.5 Å². The van der Waals surface area contributed by atoms with E-state index in [0.29, 0.717) is 11.5 Å². The molecule has 45 heavy (non-hydrogen) atoms. The average molecular weight is 760 g/mol. The van der Waals surface area contributed by atoms with Crippen LogP contribution in [0.15, 0.2) is 128 Å². The molecule has 5 nitrogen and oxygen atoms in total. The van der Waals surface area contributed by atoms with Crippen molar-refractivity contribution in [2.24, 2.45) is 7.05 Å². The average Bonchev–Trinajstić information content (AvgIpc) is 3.57. The van der Waals surface area contributed by atoms with Crippen LogP contribution in [0.25, 0.3) is 66.8 Å². The van der Waals surface area contributed by atoms with Gasteiger partial charge in [-0.3, -0.25) is 0 Å². The van der Waals surface area contributed by atoms with Crippen molar-refractivity contribution in [2.45, 2.75) is 0 Å². The molecule has 0 fully saturated rings. The molecule has 0 aliphatic carbocycles. The van der Waals surface area contributed by atoms with E-state index >= 15 is 0 Å². The van der Waals surface area contributed by atoms with Crippen molar-refractivity contribution < 1.29 is 24.1 Å². The molecule has 0 saturated carbocycles. The number of hydrogen-bond donors (Lipinski definition) is 0. The first-order chi connectivity index (χ1) is 22.2. The van der Waals surface area contributed by atoms with Crippen LogP contribution < -0.4 is 4.74 Å². The molecule has 0 amide bonds. The zero-order chi connectivity index (χ0) is 30.1. The van der Waals surface area contributed by atoms with Gasteiger partial charge in [-0.05, 0) is 6.07 Å². The number of ether oxygens (including phenoxy) is 1. The summed E-state index contributed by atoms with van der Waals surface area (Å²) in [5.41, 5.74) is 9.88. The molecule has 1 aliphatic heterocycles. The number of pyridine rings is 1. The first-order valence-corrected chi connectivity index (χ1v) is 15.8. The number of nitrogens with zero attached hydrogens (tertiary/aromatic N) is 4. The molecule has 218 valence electrons. The van der Waals surface area contributed by atoms with Gasteiger partial charge in [-0.1, -0.05) is 18.2 Å². The molecular weight excluding hydrogens is 736 g/mol. The van der Waals surface area contributed by atoms with Gasteiger partial charge in [0.2, 0.25) is 0 Å². The number of rotatable bonds is 3. The van der Waals surface area contributed by atoms with Gasteiger partial charge in [0.15, 0.2) is 0 Å². The Morgan fingerprint density at radius 3 is 2.09 bits per heavy atom. The van der Waals surface area contributed by atoms with E-state index < -0.39 is 0 Å². The molecule has 3 aromatic heterocycles. The van der Waals surface area contributed by atoms with Gasteiger partial charge in [-0.15, -0.1) is 0 Å². The van der Waals surface area contributed by atoms with Crippen LogP contribution in [0.5, 0.6) is 11.5 Å². The summed E-state index contributed by atoms with van der Waals surface area (Å²) < 4.78 is 14.2. The normalized spacial score (nSPS) is 11.8. The number of imidazole rings is 1. The number of aromatic nitrogens is 4. The third kappa shape index (κ3) is 4.04. The Balaban J connectivity index is 1.23. The van der Waals surface area contributed by atoms with E-state index in [4.69, 9.17) is 4.74 Å². The molecule has 0 atom stereocenters. The summed E-state index contributed by atoms with van der Waals surface area (Å²) in [5.74, 6) is 2.07. The molecule has 1 aliphatic rings. The molecule has 6 heteroatoms. The standard InChI is InChI=1S/C39H24N4O.Pt/c1-41-24-38-31-13-5-4-11-29(31)28-10-2-3-12-30(28)33-19-17-26(22-36(33)42(38)25-41)44-27-18-20-34-32-14-6-7-15-35(32)43(37(34)23-27)39-16-8-9-21-40-39;/h2-21,24H,1H3;/q-2;. The van der Waals surface area contributed by atoms with Gasteiger partial charge >= 0.3 is 241 Å². The molecule has 0 N–H and O–H groups in total. The fraction of sp³-hybridized carbons (Fsp3) is 0.0256. The topological polar surface area (TPSA) is 36.9 Å². The van der Waals surface area contributed by atoms with Gasteiger partial charge in [-0.2, -0.15) is 0 Å². The summed E-state index contributed by atoms with van der Waals surface area (Å²) in [5, 5.41) is 2.25. The maximum absolute atomic E-state index is 6.56. The second-order valence-electron chi connectivity index (χ2n) is 11.1. The van der Waals surface area contributed by atoms with Crippen molar-refractivity contribution in [3.63, 3.8) is 0 Å². The Bertz CT molecular complexity index is 2500. The Morgan fingerprint density at radius 2 is 1.29 bits per heavy atom. The second kappa shape index (κ2) is 10.2. The quantitative estimate of drug-likeness (QED) is 0.169. The van der Waals surface area contributed by atoms with Crippen molar-refractivity contribution in [1.29, 1.82) is 0 Å². The number of para-hydroxylation sites is 1. The summed E-state index contributed by atoms with van der Waals surface area (Å²) in [6.45, 7) is 0. The van der Waals surface area contributed by atoms with Crippen LogP contribution in [0.3, 0.4) is 0 Å². The molecule has 0 bridgehead atoms. The molecule has 4 heterocycles. The van der Waals surface area contributed by atoms with Gasteiger partial charge in [0.05, 0.1) is 0 Å². The van der Waals surface area contributed by atoms with E-state index in [0.717, 1.165) is 53.9 Å². The number of hydrogen-bond acceptors (Lipinski definition) is 2. The zero-order valence-corrected chi connectivity index (χ0v) is 26.4. The Morgan fingerprint density at radius 1 is 0.622 bits per heavy atom. The van der Waals surface area contributed by atoms with E-state index in [9.17, 15) is 0 Å². The van der Waals surface area contributed by atoms with Crippen LogP contribution in [-0.2, 0) is 26.4 Å². The maximum atomic E-state index is 6.56. The van der Waals surface area contributed by atoms with Crippen LogP contribution in [0.1, 0.15) is 0 Å². The van der Waals surface area contributed by atoms with Gasteiger partial charge < -0.3 is 0 Å². The zero-order valence-electron chi connectivity index (χ0n) is 24.1. The van der Waals surface area contributed by atoms with Crippen LogP contribution in [0, 0.1) is 15.9 Å². The van der Waals surface area contributed by atoms with Crippen molar-refractivity contribution >= 4 is 21.8 Å². The molecule has 8 aromatic rings. The fourth-order valence-electron chi connectivity index (χ4n) is 6.52. The number of benzene rings is 5. The number of aryl methyl sites for hydroxylation is 1. The van der Waals surface area contributed by atoms with Crippen LogP contribution >= 0.6 is 0 Å². The van der Waals surface area contributed by atoms with E-state index in [-0.39, 0.29) is 0 Å². The molecule has 0 unspecified atom stereocenters. The van der Waals surface area contributed by atoms with E-state index in [1.165, 1.54) is 16.7 Å². The minimum absolute atomic E-state index is 0.614. The minimum atomic E-state index is 0.614. The first-order valence-electron chi connectivity index (χ1n) is 14.7. The van der Waals surface area contributed by atoms with Crippen LogP contribution in [0.4, 0.5) is 0 Å². The van der Waals surface area contributed by atoms with Crippen molar-refractivity contribution in [3.05, 3.63) is 144 Å². The summed E-state index contributed by atoms with van der Waals surface area (Å²) in [6, 6.07) is 47.0. The third-order valence-corrected chi connectivity index (χ3v) is 9.79. The van der Waals surface area contributed by atoms with E-state index in [1.54, 1.807) is 0 Å². The Hall–Kier alpha value is -5.25. The summed E-state index contributed by atoms with van der Waals surface area (Å²) >= 11 is 2.40. The van der Waals surface area contributed by atoms with Crippen molar-refractivity contribution in [1.82, 2.24) is 18.7 Å². The summed E-state index contributed by atoms with van der Waals surface area (Å²) in [4.78, 5) is 4.66. The monoisotopic (exact) mass is 759 g/mol. The van der Waals surface area contributed by atoms with Gasteiger partial charge in [0, 0.05) is 6.20 Å². The summed E-state index contributed by atoms with van der Waals surface area (Å²) in [7, 11) is 2.08. The molecule has 0 radical (unpaired) electrons. The van der Waals surface area contributed by atoms with Crippen LogP contribution in [-0.4, -0.2) is 18.7 Å². The molecular formula is C39H24N4OPt-2. The fourth-order valence-corrected chi connectivity index (χ4v) is 7.20. The SMILES string of the molecule is Cn1cc2n([c]1=[Pt])-c1[c-]c(Oc3[c-]c4c(cc3)c3ccccc3n4-c3ccccn3)ccc1-c1ccccc1-c1ccccc1-2. The molecule has 9 rings (SSSR count). The predicted molar refractivity (Wildman–Crippen MR) is 174 cm³/mol. The van der Waals surface area contributed by atoms with Gasteiger partial charge in [0.25, 0.3) is 0 Å². The Labute approximate surface area is 270 Å². The van der Waals surface area contributed by atoms with E-state index in [1.807, 2.05) is 36.5 Å². The summed E-state index contributed by atoms with van der Waals surface area (Å²) in [6.07, 6.45) is 4.01. The van der Waals surface area contributed by atoms with Gasteiger partial charge in [0.1, 0.15) is 0 Å². The van der Waals surface area contributed by atoms with Gasteiger partial charge in [-0.25, -0.2) is 0 Å². The van der Waals surface area contributed by atoms with Crippen molar-refractivity contribution in [2.75, 3.05) is 0 Å². The predicted octanol–water partition coefficient (Wildman–Crippen LogP) is 9.09. The van der Waals surface area contributed by atoms with E-state index in [2.05, 4.69) is 148 Å². The third-order valence-electron chi connectivity index (χ3n) is 8.48. The van der Waals surface area contributed by atoms with Crippen LogP contribution in [0.2, 0.25) is 0 Å². The Kier molecular flexibility index (Phi) is 5.91. The second-order valence-corrected chi connectivity index (χ2v) is 12.1. The molecule has 5 aromatic carbocycles.